The van der Waals surface area contributed by atoms with E-state index in [-0.39, 0.29) is 30.6 Å². The van der Waals surface area contributed by atoms with Crippen molar-refractivity contribution in [1.82, 2.24) is 9.97 Å². The summed E-state index contributed by atoms with van der Waals surface area (Å²) in [6, 6.07) is 13.3. The lowest BCUT2D eigenvalue weighted by Crippen LogP contribution is -2.65. The van der Waals surface area contributed by atoms with Crippen molar-refractivity contribution in [3.05, 3.63) is 77.4 Å². The molecule has 4 rings (SSSR count). The van der Waals surface area contributed by atoms with Crippen molar-refractivity contribution in [2.24, 2.45) is 0 Å². The molecule has 34 heavy (non-hydrogen) atoms. The van der Waals surface area contributed by atoms with Crippen LogP contribution in [0.2, 0.25) is 0 Å². The van der Waals surface area contributed by atoms with E-state index in [0.717, 1.165) is 11.1 Å². The van der Waals surface area contributed by atoms with Gasteiger partial charge >= 0.3 is 6.61 Å². The molecule has 2 aromatic heterocycles. The van der Waals surface area contributed by atoms with Gasteiger partial charge in [-0.1, -0.05) is 38.1 Å². The van der Waals surface area contributed by atoms with Crippen LogP contribution in [0.1, 0.15) is 36.6 Å². The molecular formula is C25H25F3N4O2. The maximum absolute atomic E-state index is 13.8. The molecule has 0 aliphatic carbocycles. The first-order valence-electron chi connectivity index (χ1n) is 10.9. The average molecular weight is 470 g/mol. The molecule has 0 saturated carbocycles. The Bertz CT molecular complexity index is 1200. The van der Waals surface area contributed by atoms with Crippen molar-refractivity contribution >= 4 is 17.4 Å². The summed E-state index contributed by atoms with van der Waals surface area (Å²) in [5.41, 5.74) is 1.34. The van der Waals surface area contributed by atoms with Gasteiger partial charge in [-0.3, -0.25) is 4.79 Å². The third-order valence-corrected chi connectivity index (χ3v) is 5.93. The van der Waals surface area contributed by atoms with E-state index in [4.69, 9.17) is 0 Å². The van der Waals surface area contributed by atoms with Gasteiger partial charge < -0.3 is 15.0 Å². The molecule has 3 heterocycles. The minimum absolute atomic E-state index is 0.0552. The van der Waals surface area contributed by atoms with E-state index in [1.54, 1.807) is 13.0 Å². The third-order valence-electron chi connectivity index (χ3n) is 5.93. The van der Waals surface area contributed by atoms with Crippen LogP contribution in [-0.2, 0) is 10.2 Å². The Kier molecular flexibility index (Phi) is 6.45. The molecule has 1 aliphatic heterocycles. The lowest BCUT2D eigenvalue weighted by atomic mass is 9.69. The molecule has 0 radical (unpaired) electrons. The summed E-state index contributed by atoms with van der Waals surface area (Å²) >= 11 is 0. The van der Waals surface area contributed by atoms with Crippen molar-refractivity contribution in [3.63, 3.8) is 0 Å². The maximum atomic E-state index is 13.8. The minimum atomic E-state index is -3.08. The first kappa shape index (κ1) is 23.5. The van der Waals surface area contributed by atoms with Crippen LogP contribution in [0.5, 0.6) is 5.88 Å². The summed E-state index contributed by atoms with van der Waals surface area (Å²) in [6.45, 7) is 3.10. The van der Waals surface area contributed by atoms with Gasteiger partial charge in [-0.25, -0.2) is 14.4 Å². The summed E-state index contributed by atoms with van der Waals surface area (Å²) in [5.74, 6) is -0.601. The zero-order chi connectivity index (χ0) is 24.5. The van der Waals surface area contributed by atoms with Gasteiger partial charge in [-0.15, -0.1) is 0 Å². The monoisotopic (exact) mass is 470 g/mol. The molecule has 0 bridgehead atoms. The number of alkyl halides is 2. The summed E-state index contributed by atoms with van der Waals surface area (Å²) in [7, 11) is 0. The van der Waals surface area contributed by atoms with Gasteiger partial charge in [0.2, 0.25) is 11.8 Å². The molecule has 1 aliphatic rings. The highest BCUT2D eigenvalue weighted by Crippen LogP contribution is 2.42. The highest BCUT2D eigenvalue weighted by Gasteiger charge is 2.52. The Morgan fingerprint density at radius 2 is 1.88 bits per heavy atom. The summed E-state index contributed by atoms with van der Waals surface area (Å²) in [6.07, 6.45) is 1.37. The van der Waals surface area contributed by atoms with Crippen LogP contribution in [0.3, 0.4) is 0 Å². The van der Waals surface area contributed by atoms with Crippen molar-refractivity contribution in [2.75, 3.05) is 23.3 Å². The Balaban J connectivity index is 1.71. The van der Waals surface area contributed by atoms with Crippen molar-refractivity contribution in [1.29, 1.82) is 0 Å². The second-order valence-electron chi connectivity index (χ2n) is 8.65. The van der Waals surface area contributed by atoms with E-state index in [2.05, 4.69) is 20.0 Å². The van der Waals surface area contributed by atoms with Crippen LogP contribution in [0.25, 0.3) is 0 Å². The number of rotatable bonds is 7. The Labute approximate surface area is 195 Å². The molecular weight excluding hydrogens is 445 g/mol. The van der Waals surface area contributed by atoms with Crippen molar-refractivity contribution in [2.45, 2.75) is 38.7 Å². The molecule has 9 heteroatoms. The predicted octanol–water partition coefficient (Wildman–Crippen LogP) is 5.05. The fraction of sp³-hybridized carbons (Fsp3) is 0.320. The van der Waals surface area contributed by atoms with Crippen molar-refractivity contribution < 1.29 is 22.7 Å². The fourth-order valence-corrected chi connectivity index (χ4v) is 4.25. The van der Waals surface area contributed by atoms with Gasteiger partial charge in [0.25, 0.3) is 0 Å². The number of aryl methyl sites for hydroxylation is 1. The molecule has 178 valence electrons. The topological polar surface area (TPSA) is 67.4 Å². The molecule has 0 atom stereocenters. The van der Waals surface area contributed by atoms with Gasteiger partial charge in [-0.2, -0.15) is 8.78 Å². The van der Waals surface area contributed by atoms with Gasteiger partial charge in [0.1, 0.15) is 22.7 Å². The fourth-order valence-electron chi connectivity index (χ4n) is 4.25. The van der Waals surface area contributed by atoms with Gasteiger partial charge in [0.05, 0.1) is 0 Å². The number of halogens is 3. The lowest BCUT2D eigenvalue weighted by molar-refractivity contribution is -0.122. The van der Waals surface area contributed by atoms with E-state index in [1.807, 2.05) is 43.0 Å². The van der Waals surface area contributed by atoms with Gasteiger partial charge in [-0.05, 0) is 42.2 Å². The summed E-state index contributed by atoms with van der Waals surface area (Å²) in [4.78, 5) is 23.8. The van der Waals surface area contributed by atoms with Crippen LogP contribution >= 0.6 is 0 Å². The second kappa shape index (κ2) is 9.32. The molecule has 6 nitrogen and oxygen atoms in total. The number of nitrogens with zero attached hydrogens (tertiary/aromatic N) is 3. The number of aromatic nitrogens is 2. The largest absolute Gasteiger partial charge is 0.415 e. The molecule has 1 fully saturated rings. The number of ether oxygens (including phenoxy) is 1. The zero-order valence-corrected chi connectivity index (χ0v) is 19.1. The van der Waals surface area contributed by atoms with Crippen molar-refractivity contribution in [3.8, 4) is 5.88 Å². The quantitative estimate of drug-likeness (QED) is 0.524. The number of carbonyl (C=O) groups is 1. The molecule has 1 amide bonds. The molecule has 1 N–H and O–H groups in total. The van der Waals surface area contributed by atoms with Crippen LogP contribution in [-0.4, -0.2) is 35.6 Å². The standard InChI is InChI=1S/C25H25F3N4O2/c1-15(2)18-6-4-5-7-19(18)25(13-32(14-25)21-12-17(26)10-11-29-21)23(33)31-20-9-8-16(3)30-22(20)34-24(27)28/h4-12,15,24H,13-14H2,1-3H3,(H,31,33). The zero-order valence-electron chi connectivity index (χ0n) is 19.1. The number of nitrogens with one attached hydrogen (secondary N) is 1. The van der Waals surface area contributed by atoms with E-state index >= 15 is 0 Å². The Morgan fingerprint density at radius 1 is 1.15 bits per heavy atom. The van der Waals surface area contributed by atoms with E-state index in [0.29, 0.717) is 11.5 Å². The lowest BCUT2D eigenvalue weighted by Gasteiger charge is -2.50. The predicted molar refractivity (Wildman–Crippen MR) is 123 cm³/mol. The molecule has 1 saturated heterocycles. The van der Waals surface area contributed by atoms with Crippen LogP contribution in [0.4, 0.5) is 24.7 Å². The van der Waals surface area contributed by atoms with Crippen LogP contribution < -0.4 is 15.0 Å². The molecule has 3 aromatic rings. The first-order chi connectivity index (χ1) is 16.2. The number of pyridine rings is 2. The Hall–Kier alpha value is -3.62. The van der Waals surface area contributed by atoms with E-state index in [9.17, 15) is 18.0 Å². The summed E-state index contributed by atoms with van der Waals surface area (Å²) < 4.78 is 44.2. The summed E-state index contributed by atoms with van der Waals surface area (Å²) in [5, 5.41) is 2.75. The smallest absolute Gasteiger partial charge is 0.388 e. The number of carbonyl (C=O) groups excluding carboxylic acids is 1. The normalized spacial score (nSPS) is 14.8. The number of benzene rings is 1. The Morgan fingerprint density at radius 3 is 2.56 bits per heavy atom. The van der Waals surface area contributed by atoms with Crippen LogP contribution in [0.15, 0.2) is 54.7 Å². The number of amides is 1. The third kappa shape index (κ3) is 4.55. The molecule has 0 spiro atoms. The van der Waals surface area contributed by atoms with Gasteiger partial charge in [0.15, 0.2) is 0 Å². The average Bonchev–Trinajstić information content (AvgIpc) is 2.75. The molecule has 0 unspecified atom stereocenters. The van der Waals surface area contributed by atoms with E-state index < -0.39 is 23.8 Å². The van der Waals surface area contributed by atoms with Gasteiger partial charge in [0, 0.05) is 31.0 Å². The number of anilines is 2. The first-order valence-corrected chi connectivity index (χ1v) is 10.9. The SMILES string of the molecule is Cc1ccc(NC(=O)C2(c3ccccc3C(C)C)CN(c3cc(F)ccn3)C2)c(OC(F)F)n1. The minimum Gasteiger partial charge on any atom is -0.415 e. The number of hydrogen-bond donors (Lipinski definition) is 1. The second-order valence-corrected chi connectivity index (χ2v) is 8.65. The maximum Gasteiger partial charge on any atom is 0.388 e. The highest BCUT2D eigenvalue weighted by molar-refractivity contribution is 6.02. The number of hydrogen-bond acceptors (Lipinski definition) is 5. The van der Waals surface area contributed by atoms with Crippen LogP contribution in [0, 0.1) is 12.7 Å². The molecule has 1 aromatic carbocycles. The van der Waals surface area contributed by atoms with E-state index in [1.165, 1.54) is 24.4 Å². The highest BCUT2D eigenvalue weighted by atomic mass is 19.3.